The first-order valence-corrected chi connectivity index (χ1v) is 17.6. The van der Waals surface area contributed by atoms with Gasteiger partial charge in [0, 0.05) is 31.8 Å². The Morgan fingerprint density at radius 2 is 1.59 bits per heavy atom. The van der Waals surface area contributed by atoms with Crippen LogP contribution in [-0.2, 0) is 14.1 Å². The van der Waals surface area contributed by atoms with Crippen molar-refractivity contribution in [2.45, 2.75) is 128 Å². The number of unbranched alkanes of at least 4 members (excludes halogenated alkanes) is 13. The lowest BCUT2D eigenvalue weighted by atomic mass is 9.94. The normalized spacial score (nSPS) is 21.7. The fourth-order valence-electron chi connectivity index (χ4n) is 5.01. The van der Waals surface area contributed by atoms with Crippen LogP contribution in [0.3, 0.4) is 0 Å². The minimum absolute atomic E-state index is 0.0147. The minimum Gasteiger partial charge on any atom is -0.371 e. The zero-order valence-electron chi connectivity index (χ0n) is 24.4. The maximum Gasteiger partial charge on any atom is 0.225 e. The van der Waals surface area contributed by atoms with Gasteiger partial charge < -0.3 is 14.9 Å². The van der Waals surface area contributed by atoms with Gasteiger partial charge in [0.25, 0.3) is 0 Å². The van der Waals surface area contributed by atoms with Gasteiger partial charge in [0.05, 0.1) is 6.04 Å². The first kappa shape index (κ1) is 33.6. The van der Waals surface area contributed by atoms with E-state index in [0.29, 0.717) is 25.3 Å². The highest BCUT2D eigenvalue weighted by Gasteiger charge is 2.38. The molecule has 0 aromatic heterocycles. The molecular formula is C30H53N4O4P. The summed E-state index contributed by atoms with van der Waals surface area (Å²) in [4.78, 5) is 35.1. The van der Waals surface area contributed by atoms with Gasteiger partial charge in [-0.3, -0.25) is 19.3 Å². The summed E-state index contributed by atoms with van der Waals surface area (Å²) in [5.41, 5.74) is 0. The van der Waals surface area contributed by atoms with Gasteiger partial charge in [0.1, 0.15) is 24.6 Å². The van der Waals surface area contributed by atoms with Crippen LogP contribution >= 0.6 is 7.37 Å². The topological polar surface area (TPSA) is 113 Å². The van der Waals surface area contributed by atoms with Gasteiger partial charge in [0.2, 0.25) is 13.3 Å². The van der Waals surface area contributed by atoms with E-state index in [9.17, 15) is 14.3 Å². The fourth-order valence-corrected chi connectivity index (χ4v) is 5.47. The van der Waals surface area contributed by atoms with Crippen molar-refractivity contribution in [2.75, 3.05) is 19.6 Å². The Labute approximate surface area is 236 Å². The molecule has 0 aromatic carbocycles. The third-order valence-corrected chi connectivity index (χ3v) is 7.94. The first-order chi connectivity index (χ1) is 18.9. The van der Waals surface area contributed by atoms with Crippen LogP contribution in [0.25, 0.3) is 0 Å². The number of amides is 1. The second kappa shape index (κ2) is 20.3. The average molecular weight is 565 g/mol. The summed E-state index contributed by atoms with van der Waals surface area (Å²) in [5.74, 6) is 0.609. The minimum atomic E-state index is -3.17. The molecule has 1 amide bonds. The van der Waals surface area contributed by atoms with E-state index in [1.165, 1.54) is 96.5 Å². The van der Waals surface area contributed by atoms with E-state index in [4.69, 9.17) is 4.74 Å². The number of rotatable bonds is 22. The largest absolute Gasteiger partial charge is 0.371 e. The second-order valence-corrected chi connectivity index (χ2v) is 13.5. The molecule has 4 unspecified atom stereocenters. The van der Waals surface area contributed by atoms with Crippen LogP contribution in [0.1, 0.15) is 116 Å². The van der Waals surface area contributed by atoms with Crippen molar-refractivity contribution >= 4 is 31.7 Å². The molecule has 39 heavy (non-hydrogen) atoms. The van der Waals surface area contributed by atoms with Crippen molar-refractivity contribution in [3.63, 3.8) is 0 Å². The number of aliphatic imine (C=N–C) groups is 3. The number of carbonyl (C=O) groups excluding carboxylic acids is 1. The van der Waals surface area contributed by atoms with Crippen molar-refractivity contribution in [1.29, 1.82) is 0 Å². The molecule has 0 saturated heterocycles. The second-order valence-electron chi connectivity index (χ2n) is 11.1. The quantitative estimate of drug-likeness (QED) is 0.0832. The molecule has 0 aromatic rings. The number of hydrogen-bond acceptors (Lipinski definition) is 6. The predicted molar refractivity (Wildman–Crippen MR) is 163 cm³/mol. The molecule has 2 N–H and O–H groups in total. The smallest absolute Gasteiger partial charge is 0.225 e. The van der Waals surface area contributed by atoms with Crippen LogP contribution < -0.4 is 5.32 Å². The number of ether oxygens (including phenoxy) is 1. The van der Waals surface area contributed by atoms with Crippen molar-refractivity contribution < 1.29 is 19.0 Å². The number of carbonyl (C=O) groups is 1. The summed E-state index contributed by atoms with van der Waals surface area (Å²) < 4.78 is 16.7. The molecule has 9 heteroatoms. The van der Waals surface area contributed by atoms with Crippen molar-refractivity contribution in [1.82, 2.24) is 5.32 Å². The predicted octanol–water partition coefficient (Wildman–Crippen LogP) is 7.06. The Hall–Kier alpha value is -1.63. The highest BCUT2D eigenvalue weighted by Crippen LogP contribution is 2.35. The number of fused-ring (bicyclic) bond motifs is 1. The maximum absolute atomic E-state index is 12.5. The molecular weight excluding hydrogens is 511 g/mol. The molecule has 222 valence electrons. The molecule has 2 aliphatic rings. The number of nitrogens with one attached hydrogen (secondary N) is 1. The Morgan fingerprint density at radius 1 is 0.974 bits per heavy atom. The molecule has 8 nitrogen and oxygen atoms in total. The zero-order chi connectivity index (χ0) is 28.2. The van der Waals surface area contributed by atoms with Gasteiger partial charge in [0.15, 0.2) is 0 Å². The van der Waals surface area contributed by atoms with E-state index in [1.807, 2.05) is 6.21 Å². The van der Waals surface area contributed by atoms with Crippen LogP contribution in [0.4, 0.5) is 0 Å². The lowest BCUT2D eigenvalue weighted by Crippen LogP contribution is -2.45. The molecule has 0 radical (unpaired) electrons. The van der Waals surface area contributed by atoms with Gasteiger partial charge in [-0.2, -0.15) is 0 Å². The van der Waals surface area contributed by atoms with Gasteiger partial charge in [-0.05, 0) is 38.5 Å². The van der Waals surface area contributed by atoms with Crippen LogP contribution in [-0.4, -0.2) is 60.9 Å². The summed E-state index contributed by atoms with van der Waals surface area (Å²) in [6, 6.07) is -0.385. The molecule has 0 aliphatic carbocycles. The van der Waals surface area contributed by atoms with Crippen LogP contribution in [0.5, 0.6) is 0 Å². The Bertz CT molecular complexity index is 852. The summed E-state index contributed by atoms with van der Waals surface area (Å²) in [7, 11) is -3.17. The Kier molecular flexibility index (Phi) is 17.5. The lowest BCUT2D eigenvalue weighted by Gasteiger charge is -2.24. The summed E-state index contributed by atoms with van der Waals surface area (Å²) >= 11 is 0. The van der Waals surface area contributed by atoms with E-state index < -0.39 is 7.37 Å². The molecule has 0 fully saturated rings. The molecule has 2 heterocycles. The number of amidine groups is 1. The van der Waals surface area contributed by atoms with Crippen molar-refractivity contribution in [3.8, 4) is 0 Å². The van der Waals surface area contributed by atoms with E-state index in [0.717, 1.165) is 12.8 Å². The van der Waals surface area contributed by atoms with E-state index in [-0.39, 0.29) is 30.3 Å². The van der Waals surface area contributed by atoms with E-state index >= 15 is 0 Å². The van der Waals surface area contributed by atoms with Gasteiger partial charge in [-0.1, -0.05) is 83.3 Å². The third kappa shape index (κ3) is 15.7. The Balaban J connectivity index is 1.45. The average Bonchev–Trinajstić information content (AvgIpc) is 3.32. The van der Waals surface area contributed by atoms with Crippen molar-refractivity contribution in [2.24, 2.45) is 20.9 Å². The lowest BCUT2D eigenvalue weighted by molar-refractivity contribution is -0.119. The molecule has 0 spiro atoms. The monoisotopic (exact) mass is 564 g/mol. The summed E-state index contributed by atoms with van der Waals surface area (Å²) in [6.45, 7) is 3.92. The van der Waals surface area contributed by atoms with Gasteiger partial charge >= 0.3 is 0 Å². The van der Waals surface area contributed by atoms with E-state index in [2.05, 4.69) is 39.4 Å². The maximum atomic E-state index is 12.5. The third-order valence-electron chi connectivity index (χ3n) is 7.28. The number of allylic oxidation sites excluding steroid dienone is 2. The number of hydrogen-bond donors (Lipinski definition) is 2. The number of nitrogens with zero attached hydrogens (tertiary/aromatic N) is 3. The van der Waals surface area contributed by atoms with Crippen LogP contribution in [0.15, 0.2) is 27.1 Å². The first-order valence-electron chi connectivity index (χ1n) is 15.3. The zero-order valence-corrected chi connectivity index (χ0v) is 25.3. The molecule has 2 aliphatic heterocycles. The van der Waals surface area contributed by atoms with E-state index in [1.54, 1.807) is 0 Å². The summed E-state index contributed by atoms with van der Waals surface area (Å²) in [5, 5.41) is 2.95. The Morgan fingerprint density at radius 3 is 2.23 bits per heavy atom. The molecule has 2 rings (SSSR count). The molecule has 4 atom stereocenters. The highest BCUT2D eigenvalue weighted by atomic mass is 31.2. The standard InChI is InChI=1S/C30H53N4O4P/c1-3-4-5-6-7-8-9-10-11-12-13-14-15-16-17-18-19-20-27(35)34-30-29-28(32-24-33-30)26(23-31-29)21-22-38-25-39(2,36)37/h10-11,23-24,26,28-29H,3-9,12-22,25H2,1-2H3,(H,36,37)(H,32,33,34,35)/b11-10-. The molecule has 0 saturated carbocycles. The van der Waals surface area contributed by atoms with Crippen LogP contribution in [0.2, 0.25) is 0 Å². The van der Waals surface area contributed by atoms with Crippen molar-refractivity contribution in [3.05, 3.63) is 12.2 Å². The molecule has 0 bridgehead atoms. The van der Waals surface area contributed by atoms with Crippen LogP contribution in [0, 0.1) is 5.92 Å². The highest BCUT2D eigenvalue weighted by molar-refractivity contribution is 7.56. The fraction of sp³-hybridized carbons (Fsp3) is 0.800. The SMILES string of the molecule is CCCCCCCC/C=C\CCCCCCCCCC(=O)NC1=NC=NC2C(CCOCP(C)(=O)O)C=NC12. The summed E-state index contributed by atoms with van der Waals surface area (Å²) in [6.07, 6.45) is 28.0. The van der Waals surface area contributed by atoms with Gasteiger partial charge in [-0.15, -0.1) is 0 Å². The van der Waals surface area contributed by atoms with Gasteiger partial charge in [-0.25, -0.2) is 4.99 Å².